The molecule has 0 saturated heterocycles. The Morgan fingerprint density at radius 1 is 0.778 bits per heavy atom. The number of benzene rings is 2. The standard InChI is InChI=1S/C21H23NO5/c1-24-17-6-12-5-16-15-10-20(27-4)19(26-3)8-14(15)11-22(16)21(23)9-13(12)7-18(17)25-2/h6-8,10,16H,5,9,11H2,1-4H3. The van der Waals surface area contributed by atoms with Crippen LogP contribution in [0, 0.1) is 0 Å². The van der Waals surface area contributed by atoms with Gasteiger partial charge in [0.15, 0.2) is 23.0 Å². The summed E-state index contributed by atoms with van der Waals surface area (Å²) in [6.07, 6.45) is 1.08. The highest BCUT2D eigenvalue weighted by molar-refractivity contribution is 5.82. The third-order valence-electron chi connectivity index (χ3n) is 5.50. The van der Waals surface area contributed by atoms with Crippen molar-refractivity contribution in [3.05, 3.63) is 46.5 Å². The molecule has 2 aliphatic heterocycles. The monoisotopic (exact) mass is 369 g/mol. The van der Waals surface area contributed by atoms with E-state index >= 15 is 0 Å². The van der Waals surface area contributed by atoms with Crippen LogP contribution in [0.1, 0.15) is 28.3 Å². The van der Waals surface area contributed by atoms with Crippen molar-refractivity contribution in [2.45, 2.75) is 25.4 Å². The molecule has 0 bridgehead atoms. The molecule has 2 aromatic rings. The summed E-state index contributed by atoms with van der Waals surface area (Å²) in [5.74, 6) is 2.82. The van der Waals surface area contributed by atoms with Crippen molar-refractivity contribution >= 4 is 5.91 Å². The number of carbonyl (C=O) groups excluding carboxylic acids is 1. The molecule has 2 aliphatic rings. The van der Waals surface area contributed by atoms with Crippen LogP contribution in [-0.2, 0) is 24.2 Å². The molecule has 0 aliphatic carbocycles. The SMILES string of the molecule is COc1cc2c(cc1OC)CC1c3cc(OC)c(OC)cc3CN1C(=O)C2. The normalized spacial score (nSPS) is 17.6. The van der Waals surface area contributed by atoms with Crippen LogP contribution in [0.4, 0.5) is 0 Å². The smallest absolute Gasteiger partial charge is 0.227 e. The Morgan fingerprint density at radius 3 is 1.89 bits per heavy atom. The van der Waals surface area contributed by atoms with Crippen LogP contribution >= 0.6 is 0 Å². The molecule has 6 heteroatoms. The lowest BCUT2D eigenvalue weighted by Crippen LogP contribution is -2.29. The number of nitrogens with zero attached hydrogens (tertiary/aromatic N) is 1. The molecule has 6 nitrogen and oxygen atoms in total. The first-order valence-corrected chi connectivity index (χ1v) is 8.87. The summed E-state index contributed by atoms with van der Waals surface area (Å²) in [5, 5.41) is 0. The third-order valence-corrected chi connectivity index (χ3v) is 5.50. The van der Waals surface area contributed by atoms with E-state index in [-0.39, 0.29) is 11.9 Å². The van der Waals surface area contributed by atoms with E-state index in [0.717, 1.165) is 28.7 Å². The van der Waals surface area contributed by atoms with Crippen LogP contribution in [0.25, 0.3) is 0 Å². The van der Waals surface area contributed by atoms with Gasteiger partial charge < -0.3 is 23.8 Å². The predicted molar refractivity (Wildman–Crippen MR) is 99.8 cm³/mol. The molecule has 1 unspecified atom stereocenters. The largest absolute Gasteiger partial charge is 0.493 e. The van der Waals surface area contributed by atoms with Crippen LogP contribution in [0.15, 0.2) is 24.3 Å². The zero-order chi connectivity index (χ0) is 19.1. The van der Waals surface area contributed by atoms with E-state index in [1.165, 1.54) is 0 Å². The van der Waals surface area contributed by atoms with Crippen molar-refractivity contribution in [1.82, 2.24) is 4.90 Å². The number of amides is 1. The minimum absolute atomic E-state index is 0.0216. The molecule has 2 heterocycles. The number of carbonyl (C=O) groups is 1. The highest BCUT2D eigenvalue weighted by atomic mass is 16.5. The van der Waals surface area contributed by atoms with Crippen molar-refractivity contribution in [3.8, 4) is 23.0 Å². The summed E-state index contributed by atoms with van der Waals surface area (Å²) in [6.45, 7) is 0.585. The molecule has 2 aromatic carbocycles. The molecule has 142 valence electrons. The van der Waals surface area contributed by atoms with Gasteiger partial charge in [-0.15, -0.1) is 0 Å². The van der Waals surface area contributed by atoms with Crippen molar-refractivity contribution in [3.63, 3.8) is 0 Å². The molecular formula is C21H23NO5. The van der Waals surface area contributed by atoms with Gasteiger partial charge in [-0.3, -0.25) is 4.79 Å². The number of rotatable bonds is 4. The van der Waals surface area contributed by atoms with E-state index in [9.17, 15) is 4.79 Å². The average molecular weight is 369 g/mol. The van der Waals surface area contributed by atoms with Crippen LogP contribution < -0.4 is 18.9 Å². The highest BCUT2D eigenvalue weighted by Gasteiger charge is 2.37. The first-order valence-electron chi connectivity index (χ1n) is 8.87. The van der Waals surface area contributed by atoms with Gasteiger partial charge in [0.25, 0.3) is 0 Å². The summed E-state index contributed by atoms with van der Waals surface area (Å²) in [7, 11) is 6.48. The maximum atomic E-state index is 13.0. The second-order valence-electron chi connectivity index (χ2n) is 6.80. The van der Waals surface area contributed by atoms with Crippen molar-refractivity contribution in [1.29, 1.82) is 0 Å². The zero-order valence-corrected chi connectivity index (χ0v) is 16.0. The van der Waals surface area contributed by atoms with Gasteiger partial charge in [0.05, 0.1) is 40.9 Å². The fourth-order valence-corrected chi connectivity index (χ4v) is 4.12. The second kappa shape index (κ2) is 6.68. The molecule has 0 saturated carbocycles. The van der Waals surface area contributed by atoms with Crippen LogP contribution in [0.2, 0.25) is 0 Å². The highest BCUT2D eigenvalue weighted by Crippen LogP contribution is 2.45. The fraction of sp³-hybridized carbons (Fsp3) is 0.381. The number of hydrogen-bond donors (Lipinski definition) is 0. The Hall–Kier alpha value is -2.89. The molecule has 0 N–H and O–H groups in total. The third kappa shape index (κ3) is 2.76. The summed E-state index contributed by atoms with van der Waals surface area (Å²) in [4.78, 5) is 14.9. The van der Waals surface area contributed by atoms with Gasteiger partial charge in [-0.2, -0.15) is 0 Å². The van der Waals surface area contributed by atoms with E-state index in [1.54, 1.807) is 28.4 Å². The quantitative estimate of drug-likeness (QED) is 0.829. The summed E-state index contributed by atoms with van der Waals surface area (Å²) in [6, 6.07) is 7.86. The Kier molecular flexibility index (Phi) is 4.34. The maximum absolute atomic E-state index is 13.0. The van der Waals surface area contributed by atoms with Gasteiger partial charge in [-0.25, -0.2) is 0 Å². The van der Waals surface area contributed by atoms with E-state index in [0.29, 0.717) is 36.0 Å². The predicted octanol–water partition coefficient (Wildman–Crippen LogP) is 2.90. The van der Waals surface area contributed by atoms with Crippen LogP contribution in [0.5, 0.6) is 23.0 Å². The fourth-order valence-electron chi connectivity index (χ4n) is 4.12. The molecule has 1 amide bonds. The molecule has 1 atom stereocenters. The van der Waals surface area contributed by atoms with Gasteiger partial charge in [-0.1, -0.05) is 0 Å². The molecule has 27 heavy (non-hydrogen) atoms. The van der Waals surface area contributed by atoms with E-state index in [1.807, 2.05) is 29.2 Å². The van der Waals surface area contributed by atoms with Gasteiger partial charge in [-0.05, 0) is 52.9 Å². The lowest BCUT2D eigenvalue weighted by Gasteiger charge is -2.22. The lowest BCUT2D eigenvalue weighted by molar-refractivity contribution is -0.132. The van der Waals surface area contributed by atoms with Crippen LogP contribution in [-0.4, -0.2) is 39.2 Å². The molecular weight excluding hydrogens is 346 g/mol. The van der Waals surface area contributed by atoms with Crippen LogP contribution in [0.3, 0.4) is 0 Å². The van der Waals surface area contributed by atoms with Crippen molar-refractivity contribution in [2.75, 3.05) is 28.4 Å². The number of methoxy groups -OCH3 is 4. The minimum atomic E-state index is -0.0216. The van der Waals surface area contributed by atoms with Gasteiger partial charge in [0, 0.05) is 6.54 Å². The van der Waals surface area contributed by atoms with E-state index < -0.39 is 0 Å². The molecule has 0 radical (unpaired) electrons. The minimum Gasteiger partial charge on any atom is -0.493 e. The van der Waals surface area contributed by atoms with Gasteiger partial charge in [0.1, 0.15) is 0 Å². The lowest BCUT2D eigenvalue weighted by atomic mass is 9.95. The molecule has 4 rings (SSSR count). The van der Waals surface area contributed by atoms with Crippen molar-refractivity contribution < 1.29 is 23.7 Å². The Bertz CT molecular complexity index is 908. The van der Waals surface area contributed by atoms with Gasteiger partial charge >= 0.3 is 0 Å². The molecule has 0 aromatic heterocycles. The van der Waals surface area contributed by atoms with Gasteiger partial charge in [0.2, 0.25) is 5.91 Å². The second-order valence-corrected chi connectivity index (χ2v) is 6.80. The zero-order valence-electron chi connectivity index (χ0n) is 16.0. The summed E-state index contributed by atoms with van der Waals surface area (Å²) < 4.78 is 21.8. The van der Waals surface area contributed by atoms with E-state index in [4.69, 9.17) is 18.9 Å². The van der Waals surface area contributed by atoms with E-state index in [2.05, 4.69) is 0 Å². The summed E-state index contributed by atoms with van der Waals surface area (Å²) in [5.41, 5.74) is 4.32. The Balaban J connectivity index is 1.80. The number of fused-ring (bicyclic) bond motifs is 4. The molecule has 0 spiro atoms. The number of ether oxygens (including phenoxy) is 4. The first kappa shape index (κ1) is 17.5. The van der Waals surface area contributed by atoms with Crippen molar-refractivity contribution in [2.24, 2.45) is 0 Å². The summed E-state index contributed by atoms with van der Waals surface area (Å²) >= 11 is 0. The Labute approximate surface area is 158 Å². The Morgan fingerprint density at radius 2 is 1.30 bits per heavy atom. The topological polar surface area (TPSA) is 57.2 Å². The number of hydrogen-bond acceptors (Lipinski definition) is 5. The average Bonchev–Trinajstić information content (AvgIpc) is 2.98. The first-order chi connectivity index (χ1) is 13.1. The molecule has 0 fully saturated rings. The maximum Gasteiger partial charge on any atom is 0.227 e.